The number of amides is 1. The number of carbonyl (C=O) groups is 1. The quantitative estimate of drug-likeness (QED) is 0.647. The summed E-state index contributed by atoms with van der Waals surface area (Å²) in [5.41, 5.74) is 2.33. The lowest BCUT2D eigenvalue weighted by atomic mass is 10.1. The smallest absolute Gasteiger partial charge is 0.261 e. The molecule has 0 aliphatic rings. The Morgan fingerprint density at radius 2 is 1.81 bits per heavy atom. The molecule has 0 aliphatic carbocycles. The van der Waals surface area contributed by atoms with Crippen molar-refractivity contribution >= 4 is 5.91 Å². The van der Waals surface area contributed by atoms with Gasteiger partial charge in [-0.15, -0.1) is 0 Å². The Bertz CT molecular complexity index is 682. The molecular formula is C22H29NO3. The number of para-hydroxylation sites is 1. The van der Waals surface area contributed by atoms with Crippen molar-refractivity contribution in [3.63, 3.8) is 0 Å². The van der Waals surface area contributed by atoms with Gasteiger partial charge in [0.15, 0.2) is 6.10 Å². The van der Waals surface area contributed by atoms with Gasteiger partial charge in [0.05, 0.1) is 6.54 Å². The first-order valence-corrected chi connectivity index (χ1v) is 9.35. The molecule has 2 rings (SSSR count). The zero-order chi connectivity index (χ0) is 18.8. The molecule has 0 saturated heterocycles. The zero-order valence-electron chi connectivity index (χ0n) is 16.0. The molecule has 0 fully saturated rings. The third-order valence-corrected chi connectivity index (χ3v) is 4.16. The Hall–Kier alpha value is -2.49. The van der Waals surface area contributed by atoms with Gasteiger partial charge in [-0.05, 0) is 49.1 Å². The molecule has 0 bridgehead atoms. The third kappa shape index (κ3) is 6.10. The van der Waals surface area contributed by atoms with Gasteiger partial charge in [0, 0.05) is 0 Å². The summed E-state index contributed by atoms with van der Waals surface area (Å²) >= 11 is 0. The molecule has 0 radical (unpaired) electrons. The van der Waals surface area contributed by atoms with Crippen molar-refractivity contribution in [2.24, 2.45) is 0 Å². The molecule has 1 N–H and O–H groups in total. The number of hydrogen-bond donors (Lipinski definition) is 1. The van der Waals surface area contributed by atoms with E-state index >= 15 is 0 Å². The molecule has 2 aromatic carbocycles. The molecule has 0 heterocycles. The van der Waals surface area contributed by atoms with Crippen LogP contribution in [0.4, 0.5) is 0 Å². The third-order valence-electron chi connectivity index (χ3n) is 4.16. The average Bonchev–Trinajstić information content (AvgIpc) is 2.66. The summed E-state index contributed by atoms with van der Waals surface area (Å²) in [5, 5.41) is 2.89. The molecule has 0 unspecified atom stereocenters. The summed E-state index contributed by atoms with van der Waals surface area (Å²) in [6.07, 6.45) is 2.33. The first-order chi connectivity index (χ1) is 12.6. The zero-order valence-corrected chi connectivity index (χ0v) is 16.0. The van der Waals surface area contributed by atoms with Crippen LogP contribution in [-0.4, -0.2) is 25.2 Å². The largest absolute Gasteiger partial charge is 0.492 e. The van der Waals surface area contributed by atoms with Crippen LogP contribution < -0.4 is 14.8 Å². The van der Waals surface area contributed by atoms with E-state index in [1.807, 2.05) is 50.2 Å². The summed E-state index contributed by atoms with van der Waals surface area (Å²) < 4.78 is 11.5. The van der Waals surface area contributed by atoms with Crippen LogP contribution in [0.1, 0.15) is 37.8 Å². The lowest BCUT2D eigenvalue weighted by molar-refractivity contribution is -0.128. The molecule has 0 aliphatic heterocycles. The molecule has 0 spiro atoms. The molecule has 26 heavy (non-hydrogen) atoms. The molecule has 4 heteroatoms. The fourth-order valence-corrected chi connectivity index (χ4v) is 2.66. The molecule has 2 aromatic rings. The molecule has 0 aromatic heterocycles. The highest BCUT2D eigenvalue weighted by molar-refractivity contribution is 5.81. The van der Waals surface area contributed by atoms with Gasteiger partial charge in [-0.3, -0.25) is 4.79 Å². The monoisotopic (exact) mass is 355 g/mol. The molecule has 1 atom stereocenters. The fourth-order valence-electron chi connectivity index (χ4n) is 2.66. The van der Waals surface area contributed by atoms with Gasteiger partial charge < -0.3 is 14.8 Å². The van der Waals surface area contributed by atoms with E-state index in [9.17, 15) is 4.79 Å². The molecular weight excluding hydrogens is 326 g/mol. The van der Waals surface area contributed by atoms with E-state index in [0.717, 1.165) is 29.9 Å². The van der Waals surface area contributed by atoms with Gasteiger partial charge in [0.25, 0.3) is 5.91 Å². The topological polar surface area (TPSA) is 47.6 Å². The number of aryl methyl sites for hydroxylation is 2. The SMILES string of the molecule is CCCc1ccc(OCCNC(=O)[C@H](CC)Oc2ccccc2C)cc1. The second-order valence-corrected chi connectivity index (χ2v) is 6.31. The second-order valence-electron chi connectivity index (χ2n) is 6.31. The van der Waals surface area contributed by atoms with Gasteiger partial charge >= 0.3 is 0 Å². The predicted molar refractivity (Wildman–Crippen MR) is 105 cm³/mol. The fraction of sp³-hybridized carbons (Fsp3) is 0.409. The minimum atomic E-state index is -0.496. The molecule has 1 amide bonds. The maximum Gasteiger partial charge on any atom is 0.261 e. The van der Waals surface area contributed by atoms with Gasteiger partial charge in [-0.1, -0.05) is 50.6 Å². The normalized spacial score (nSPS) is 11.7. The number of nitrogens with one attached hydrogen (secondary N) is 1. The Morgan fingerprint density at radius 3 is 2.46 bits per heavy atom. The minimum Gasteiger partial charge on any atom is -0.492 e. The van der Waals surface area contributed by atoms with E-state index in [1.54, 1.807) is 0 Å². The van der Waals surface area contributed by atoms with Gasteiger partial charge in [0.1, 0.15) is 18.1 Å². The first-order valence-electron chi connectivity index (χ1n) is 9.35. The van der Waals surface area contributed by atoms with Gasteiger partial charge in [-0.25, -0.2) is 0 Å². The number of hydrogen-bond acceptors (Lipinski definition) is 3. The predicted octanol–water partition coefficient (Wildman–Crippen LogP) is 4.30. The average molecular weight is 355 g/mol. The van der Waals surface area contributed by atoms with Crippen molar-refractivity contribution in [2.45, 2.75) is 46.1 Å². The number of benzene rings is 2. The van der Waals surface area contributed by atoms with Crippen molar-refractivity contribution in [2.75, 3.05) is 13.2 Å². The summed E-state index contributed by atoms with van der Waals surface area (Å²) in [6, 6.07) is 15.8. The Balaban J connectivity index is 1.75. The molecule has 4 nitrogen and oxygen atoms in total. The molecule has 0 saturated carbocycles. The van der Waals surface area contributed by atoms with Crippen LogP contribution in [0.2, 0.25) is 0 Å². The van der Waals surface area contributed by atoms with Crippen LogP contribution in [-0.2, 0) is 11.2 Å². The van der Waals surface area contributed by atoms with Crippen LogP contribution in [0, 0.1) is 6.92 Å². The van der Waals surface area contributed by atoms with Crippen molar-refractivity contribution in [1.29, 1.82) is 0 Å². The molecule has 140 valence electrons. The van der Waals surface area contributed by atoms with Crippen molar-refractivity contribution in [3.8, 4) is 11.5 Å². The first kappa shape index (κ1) is 19.8. The van der Waals surface area contributed by atoms with Crippen molar-refractivity contribution in [1.82, 2.24) is 5.32 Å². The highest BCUT2D eigenvalue weighted by atomic mass is 16.5. The summed E-state index contributed by atoms with van der Waals surface area (Å²) in [6.45, 7) is 6.96. The summed E-state index contributed by atoms with van der Waals surface area (Å²) in [5.74, 6) is 1.46. The number of carbonyl (C=O) groups excluding carboxylic acids is 1. The highest BCUT2D eigenvalue weighted by Gasteiger charge is 2.18. The van der Waals surface area contributed by atoms with Crippen LogP contribution in [0.5, 0.6) is 11.5 Å². The highest BCUT2D eigenvalue weighted by Crippen LogP contribution is 2.19. The van der Waals surface area contributed by atoms with Crippen LogP contribution in [0.3, 0.4) is 0 Å². The van der Waals surface area contributed by atoms with E-state index in [4.69, 9.17) is 9.47 Å². The summed E-state index contributed by atoms with van der Waals surface area (Å²) in [7, 11) is 0. The van der Waals surface area contributed by atoms with Crippen molar-refractivity contribution < 1.29 is 14.3 Å². The minimum absolute atomic E-state index is 0.113. The van der Waals surface area contributed by atoms with E-state index in [2.05, 4.69) is 24.4 Å². The second kappa shape index (κ2) is 10.5. The van der Waals surface area contributed by atoms with E-state index in [0.29, 0.717) is 19.6 Å². The van der Waals surface area contributed by atoms with Gasteiger partial charge in [0.2, 0.25) is 0 Å². The summed E-state index contributed by atoms with van der Waals surface area (Å²) in [4.78, 5) is 12.3. The van der Waals surface area contributed by atoms with Crippen LogP contribution in [0.25, 0.3) is 0 Å². The number of ether oxygens (including phenoxy) is 2. The lowest BCUT2D eigenvalue weighted by Crippen LogP contribution is -2.39. The van der Waals surface area contributed by atoms with Gasteiger partial charge in [-0.2, -0.15) is 0 Å². The van der Waals surface area contributed by atoms with E-state index in [-0.39, 0.29) is 5.91 Å². The van der Waals surface area contributed by atoms with E-state index in [1.165, 1.54) is 5.56 Å². The van der Waals surface area contributed by atoms with Crippen LogP contribution in [0.15, 0.2) is 48.5 Å². The van der Waals surface area contributed by atoms with Crippen molar-refractivity contribution in [3.05, 3.63) is 59.7 Å². The number of rotatable bonds is 10. The lowest BCUT2D eigenvalue weighted by Gasteiger charge is -2.18. The Morgan fingerprint density at radius 1 is 1.08 bits per heavy atom. The standard InChI is InChI=1S/C22H29NO3/c1-4-8-18-11-13-19(14-12-18)25-16-15-23-22(24)20(5-2)26-21-10-7-6-9-17(21)3/h6-7,9-14,20H,4-5,8,15-16H2,1-3H3,(H,23,24)/t20-/m0/s1. The maximum absolute atomic E-state index is 12.3. The van der Waals surface area contributed by atoms with Crippen LogP contribution >= 0.6 is 0 Å². The Kier molecular flexibility index (Phi) is 8.00. The Labute approximate surface area is 156 Å². The van der Waals surface area contributed by atoms with E-state index < -0.39 is 6.10 Å². The maximum atomic E-state index is 12.3.